The van der Waals surface area contributed by atoms with E-state index in [2.05, 4.69) is 5.32 Å². The number of nitrogens with zero attached hydrogens (tertiary/aromatic N) is 1. The van der Waals surface area contributed by atoms with Crippen molar-refractivity contribution in [2.24, 2.45) is 5.92 Å². The van der Waals surface area contributed by atoms with E-state index in [-0.39, 0.29) is 12.5 Å². The number of aliphatic hydroxyl groups excluding tert-OH is 1. The summed E-state index contributed by atoms with van der Waals surface area (Å²) in [4.78, 5) is 12.8. The predicted molar refractivity (Wildman–Crippen MR) is 89.5 cm³/mol. The second-order valence-corrected chi connectivity index (χ2v) is 6.54. The summed E-state index contributed by atoms with van der Waals surface area (Å²) in [5, 5.41) is 13.8. The smallest absolute Gasteiger partial charge is 0.268 e. The Morgan fingerprint density at radius 3 is 2.83 bits per heavy atom. The molecule has 0 saturated heterocycles. The highest BCUT2D eigenvalue weighted by Crippen LogP contribution is 2.39. The summed E-state index contributed by atoms with van der Waals surface area (Å²) < 4.78 is 7.16. The number of aliphatic hydroxyl groups is 1. The number of rotatable bonds is 7. The topological polar surface area (TPSA) is 63.5 Å². The van der Waals surface area contributed by atoms with Gasteiger partial charge >= 0.3 is 0 Å². The number of para-hydroxylation sites is 1. The number of ether oxygens (including phenoxy) is 1. The molecular formula is C18H24N2O3. The van der Waals surface area contributed by atoms with Gasteiger partial charge < -0.3 is 19.7 Å². The Morgan fingerprint density at radius 1 is 1.43 bits per heavy atom. The van der Waals surface area contributed by atoms with E-state index < -0.39 is 5.54 Å². The zero-order valence-corrected chi connectivity index (χ0v) is 13.7. The second-order valence-electron chi connectivity index (χ2n) is 6.54. The third-order valence-electron chi connectivity index (χ3n) is 4.77. The van der Waals surface area contributed by atoms with E-state index >= 15 is 0 Å². The summed E-state index contributed by atoms with van der Waals surface area (Å²) >= 11 is 0. The number of benzene rings is 1. The molecule has 0 bridgehead atoms. The molecule has 1 aromatic carbocycles. The number of hydrogen-bond donors (Lipinski definition) is 2. The van der Waals surface area contributed by atoms with Gasteiger partial charge in [-0.05, 0) is 37.8 Å². The van der Waals surface area contributed by atoms with Crippen molar-refractivity contribution < 1.29 is 14.6 Å². The van der Waals surface area contributed by atoms with Crippen LogP contribution in [0, 0.1) is 5.92 Å². The van der Waals surface area contributed by atoms with Gasteiger partial charge in [0.15, 0.2) is 0 Å². The lowest BCUT2D eigenvalue weighted by molar-refractivity contribution is 0.0813. The van der Waals surface area contributed by atoms with Crippen LogP contribution in [0.4, 0.5) is 0 Å². The summed E-state index contributed by atoms with van der Waals surface area (Å²) in [6.07, 6.45) is 2.12. The van der Waals surface area contributed by atoms with Gasteiger partial charge in [-0.1, -0.05) is 18.2 Å². The van der Waals surface area contributed by atoms with E-state index in [4.69, 9.17) is 4.74 Å². The molecule has 1 unspecified atom stereocenters. The van der Waals surface area contributed by atoms with Crippen molar-refractivity contribution in [3.05, 3.63) is 36.0 Å². The van der Waals surface area contributed by atoms with Crippen LogP contribution in [0.3, 0.4) is 0 Å². The van der Waals surface area contributed by atoms with Crippen molar-refractivity contribution >= 4 is 16.8 Å². The van der Waals surface area contributed by atoms with Crippen molar-refractivity contribution in [1.82, 2.24) is 9.88 Å². The molecule has 3 rings (SSSR count). The first kappa shape index (κ1) is 16.0. The average Bonchev–Trinajstić information content (AvgIpc) is 3.35. The SMILES string of the molecule is COCCn1c(C(=O)NC(C)(CO)C2CC2)cc2ccccc21. The van der Waals surface area contributed by atoms with Crippen LogP contribution in [0.1, 0.15) is 30.3 Å². The minimum atomic E-state index is -0.542. The molecule has 2 N–H and O–H groups in total. The van der Waals surface area contributed by atoms with Gasteiger partial charge in [0, 0.05) is 24.6 Å². The van der Waals surface area contributed by atoms with E-state index in [1.807, 2.05) is 41.8 Å². The Morgan fingerprint density at radius 2 is 2.17 bits per heavy atom. The fourth-order valence-electron chi connectivity index (χ4n) is 3.14. The van der Waals surface area contributed by atoms with Crippen LogP contribution in [0.2, 0.25) is 0 Å². The summed E-state index contributed by atoms with van der Waals surface area (Å²) in [5.41, 5.74) is 1.09. The first-order chi connectivity index (χ1) is 11.1. The van der Waals surface area contributed by atoms with Gasteiger partial charge in [-0.25, -0.2) is 0 Å². The first-order valence-corrected chi connectivity index (χ1v) is 8.09. The van der Waals surface area contributed by atoms with E-state index in [1.165, 1.54) is 0 Å². The summed E-state index contributed by atoms with van der Waals surface area (Å²) in [6, 6.07) is 9.85. The Hall–Kier alpha value is -1.85. The standard InChI is InChI=1S/C18H24N2O3/c1-18(12-21,14-7-8-14)19-17(22)16-11-13-5-3-4-6-15(13)20(16)9-10-23-2/h3-6,11,14,21H,7-10,12H2,1-2H3,(H,19,22). The molecule has 0 radical (unpaired) electrons. The molecule has 0 aliphatic heterocycles. The molecule has 2 aromatic rings. The molecule has 1 aliphatic carbocycles. The third-order valence-corrected chi connectivity index (χ3v) is 4.77. The van der Waals surface area contributed by atoms with Crippen LogP contribution in [0.5, 0.6) is 0 Å². The van der Waals surface area contributed by atoms with Gasteiger partial charge in [-0.15, -0.1) is 0 Å². The first-order valence-electron chi connectivity index (χ1n) is 8.09. The molecule has 5 heteroatoms. The number of carbonyl (C=O) groups is 1. The molecule has 1 aromatic heterocycles. The quantitative estimate of drug-likeness (QED) is 0.823. The van der Waals surface area contributed by atoms with Crippen LogP contribution >= 0.6 is 0 Å². The van der Waals surface area contributed by atoms with E-state index in [1.54, 1.807) is 7.11 Å². The van der Waals surface area contributed by atoms with Crippen LogP contribution in [0.25, 0.3) is 10.9 Å². The normalized spacial score (nSPS) is 17.2. The molecule has 1 fully saturated rings. The van der Waals surface area contributed by atoms with Gasteiger partial charge in [-0.3, -0.25) is 4.79 Å². The second kappa shape index (κ2) is 6.34. The Labute approximate surface area is 136 Å². The van der Waals surface area contributed by atoms with Crippen molar-refractivity contribution in [2.45, 2.75) is 31.8 Å². The molecule has 1 saturated carbocycles. The zero-order chi connectivity index (χ0) is 16.4. The van der Waals surface area contributed by atoms with Crippen molar-refractivity contribution in [2.75, 3.05) is 20.3 Å². The molecule has 124 valence electrons. The lowest BCUT2D eigenvalue weighted by Gasteiger charge is -2.29. The van der Waals surface area contributed by atoms with Gasteiger partial charge in [0.25, 0.3) is 5.91 Å². The summed E-state index contributed by atoms with van der Waals surface area (Å²) in [5.74, 6) is 0.231. The Kier molecular flexibility index (Phi) is 4.41. The highest BCUT2D eigenvalue weighted by molar-refractivity contribution is 5.99. The minimum absolute atomic E-state index is 0.0400. The Bertz CT molecular complexity index is 705. The van der Waals surface area contributed by atoms with E-state index in [9.17, 15) is 9.90 Å². The maximum Gasteiger partial charge on any atom is 0.268 e. The highest BCUT2D eigenvalue weighted by Gasteiger charge is 2.42. The average molecular weight is 316 g/mol. The zero-order valence-electron chi connectivity index (χ0n) is 13.7. The number of amides is 1. The number of aromatic nitrogens is 1. The predicted octanol–water partition coefficient (Wildman–Crippen LogP) is 2.18. The fraction of sp³-hybridized carbons (Fsp3) is 0.500. The van der Waals surface area contributed by atoms with Gasteiger partial charge in [0.05, 0.1) is 18.8 Å². The molecule has 1 heterocycles. The molecule has 1 amide bonds. The molecule has 0 spiro atoms. The molecule has 23 heavy (non-hydrogen) atoms. The van der Waals surface area contributed by atoms with Crippen molar-refractivity contribution in [3.63, 3.8) is 0 Å². The van der Waals surface area contributed by atoms with Gasteiger partial charge in [-0.2, -0.15) is 0 Å². The lowest BCUT2D eigenvalue weighted by atomic mass is 9.97. The molecule has 1 aliphatic rings. The van der Waals surface area contributed by atoms with E-state index in [0.29, 0.717) is 24.8 Å². The number of methoxy groups -OCH3 is 1. The van der Waals surface area contributed by atoms with Crippen molar-refractivity contribution in [1.29, 1.82) is 0 Å². The molecular weight excluding hydrogens is 292 g/mol. The van der Waals surface area contributed by atoms with E-state index in [0.717, 1.165) is 23.7 Å². The maximum atomic E-state index is 12.8. The van der Waals surface area contributed by atoms with Crippen LogP contribution in [-0.4, -0.2) is 41.4 Å². The number of carbonyl (C=O) groups excluding carboxylic acids is 1. The molecule has 1 atom stereocenters. The number of hydrogen-bond acceptors (Lipinski definition) is 3. The summed E-state index contributed by atoms with van der Waals surface area (Å²) in [6.45, 7) is 3.04. The van der Waals surface area contributed by atoms with Crippen LogP contribution in [0.15, 0.2) is 30.3 Å². The monoisotopic (exact) mass is 316 g/mol. The van der Waals surface area contributed by atoms with Crippen LogP contribution < -0.4 is 5.32 Å². The van der Waals surface area contributed by atoms with Crippen molar-refractivity contribution in [3.8, 4) is 0 Å². The third kappa shape index (κ3) is 3.12. The largest absolute Gasteiger partial charge is 0.394 e. The van der Waals surface area contributed by atoms with Gasteiger partial charge in [0.2, 0.25) is 0 Å². The Balaban J connectivity index is 1.92. The fourth-order valence-corrected chi connectivity index (χ4v) is 3.14. The number of fused-ring (bicyclic) bond motifs is 1. The number of nitrogens with one attached hydrogen (secondary N) is 1. The minimum Gasteiger partial charge on any atom is -0.394 e. The summed E-state index contributed by atoms with van der Waals surface area (Å²) in [7, 11) is 1.65. The maximum absolute atomic E-state index is 12.8. The molecule has 5 nitrogen and oxygen atoms in total. The highest BCUT2D eigenvalue weighted by atomic mass is 16.5. The van der Waals surface area contributed by atoms with Crippen LogP contribution in [-0.2, 0) is 11.3 Å². The van der Waals surface area contributed by atoms with Gasteiger partial charge in [0.1, 0.15) is 5.69 Å². The lowest BCUT2D eigenvalue weighted by Crippen LogP contribution is -2.51.